The number of rotatable bonds is 5. The normalized spacial score (nSPS) is 10.9. The lowest BCUT2D eigenvalue weighted by molar-refractivity contribution is 0.102. The first kappa shape index (κ1) is 22.0. The number of hydrogen-bond donors (Lipinski definition) is 1. The molecule has 0 saturated heterocycles. The van der Waals surface area contributed by atoms with Crippen molar-refractivity contribution in [1.82, 2.24) is 19.5 Å². The second-order valence-corrected chi connectivity index (χ2v) is 7.96. The van der Waals surface area contributed by atoms with Crippen LogP contribution in [0.1, 0.15) is 27.6 Å². The van der Waals surface area contributed by atoms with Crippen molar-refractivity contribution in [2.75, 3.05) is 5.32 Å². The van der Waals surface area contributed by atoms with Gasteiger partial charge in [-0.25, -0.2) is 14.8 Å². The van der Waals surface area contributed by atoms with E-state index in [1.165, 1.54) is 6.07 Å². The SMILES string of the molecule is Cc1nc(Oc2ccc(NC(=O)c3cc4ccccc4oc3=O)cc2)cc(-n2cnc(C)c2C)n1. The number of amides is 1. The molecule has 3 heterocycles. The van der Waals surface area contributed by atoms with Crippen LogP contribution in [0.5, 0.6) is 11.6 Å². The Kier molecular flexibility index (Phi) is 5.58. The highest BCUT2D eigenvalue weighted by atomic mass is 16.5. The number of para-hydroxylation sites is 1. The number of aromatic nitrogens is 4. The van der Waals surface area contributed by atoms with Gasteiger partial charge in [0.25, 0.3) is 5.91 Å². The van der Waals surface area contributed by atoms with Crippen molar-refractivity contribution in [2.24, 2.45) is 0 Å². The summed E-state index contributed by atoms with van der Waals surface area (Å²) in [5.41, 5.74) is 2.06. The lowest BCUT2D eigenvalue weighted by atomic mass is 10.1. The predicted molar refractivity (Wildman–Crippen MR) is 130 cm³/mol. The fourth-order valence-corrected chi connectivity index (χ4v) is 3.58. The van der Waals surface area contributed by atoms with Gasteiger partial charge in [-0.3, -0.25) is 9.36 Å². The minimum Gasteiger partial charge on any atom is -0.439 e. The summed E-state index contributed by atoms with van der Waals surface area (Å²) in [6, 6.07) is 17.0. The van der Waals surface area contributed by atoms with E-state index in [4.69, 9.17) is 9.15 Å². The van der Waals surface area contributed by atoms with Crippen LogP contribution in [0.2, 0.25) is 0 Å². The third-order valence-electron chi connectivity index (χ3n) is 5.52. The van der Waals surface area contributed by atoms with Gasteiger partial charge in [0, 0.05) is 22.8 Å². The third kappa shape index (κ3) is 4.51. The van der Waals surface area contributed by atoms with Crippen LogP contribution < -0.4 is 15.7 Å². The Morgan fingerprint density at radius 2 is 1.77 bits per heavy atom. The Bertz CT molecular complexity index is 1620. The maximum absolute atomic E-state index is 12.7. The molecule has 0 atom stereocenters. The number of nitrogens with zero attached hydrogens (tertiary/aromatic N) is 4. The van der Waals surface area contributed by atoms with E-state index < -0.39 is 11.5 Å². The molecular weight excluding hydrogens is 446 g/mol. The van der Waals surface area contributed by atoms with Gasteiger partial charge in [-0.15, -0.1) is 0 Å². The minimum atomic E-state index is -0.695. The second-order valence-electron chi connectivity index (χ2n) is 7.96. The van der Waals surface area contributed by atoms with E-state index in [0.717, 1.165) is 11.4 Å². The van der Waals surface area contributed by atoms with Crippen LogP contribution >= 0.6 is 0 Å². The van der Waals surface area contributed by atoms with Gasteiger partial charge in [0.15, 0.2) is 0 Å². The van der Waals surface area contributed by atoms with Crippen LogP contribution in [0.4, 0.5) is 5.69 Å². The van der Waals surface area contributed by atoms with Crippen molar-refractivity contribution < 1.29 is 13.9 Å². The molecule has 1 amide bonds. The molecule has 0 radical (unpaired) electrons. The van der Waals surface area contributed by atoms with E-state index in [1.54, 1.807) is 61.8 Å². The minimum absolute atomic E-state index is 0.0713. The summed E-state index contributed by atoms with van der Waals surface area (Å²) < 4.78 is 13.0. The van der Waals surface area contributed by atoms with E-state index in [0.29, 0.717) is 39.9 Å². The zero-order chi connectivity index (χ0) is 24.5. The number of carbonyl (C=O) groups excluding carboxylic acids is 1. The zero-order valence-corrected chi connectivity index (χ0v) is 19.3. The molecule has 1 N–H and O–H groups in total. The number of aryl methyl sites for hydroxylation is 2. The fraction of sp³-hybridized carbons (Fsp3) is 0.115. The van der Waals surface area contributed by atoms with Crippen LogP contribution in [0.25, 0.3) is 16.8 Å². The molecule has 0 saturated carbocycles. The summed E-state index contributed by atoms with van der Waals surface area (Å²) in [6.07, 6.45) is 1.71. The monoisotopic (exact) mass is 467 g/mol. The molecule has 3 aromatic heterocycles. The summed E-state index contributed by atoms with van der Waals surface area (Å²) in [5, 5.41) is 3.38. The van der Waals surface area contributed by atoms with E-state index in [-0.39, 0.29) is 5.56 Å². The van der Waals surface area contributed by atoms with Gasteiger partial charge < -0.3 is 14.5 Å². The largest absolute Gasteiger partial charge is 0.439 e. The number of benzene rings is 2. The second kappa shape index (κ2) is 8.86. The summed E-state index contributed by atoms with van der Waals surface area (Å²) in [4.78, 5) is 38.0. The molecule has 174 valence electrons. The quantitative estimate of drug-likeness (QED) is 0.372. The van der Waals surface area contributed by atoms with Crippen LogP contribution in [-0.4, -0.2) is 25.4 Å². The van der Waals surface area contributed by atoms with Crippen molar-refractivity contribution in [3.05, 3.63) is 100 Å². The van der Waals surface area contributed by atoms with E-state index in [2.05, 4.69) is 20.3 Å². The van der Waals surface area contributed by atoms with Gasteiger partial charge in [-0.2, -0.15) is 4.98 Å². The van der Waals surface area contributed by atoms with E-state index >= 15 is 0 Å². The Balaban J connectivity index is 1.33. The molecule has 9 heteroatoms. The van der Waals surface area contributed by atoms with Crippen molar-refractivity contribution in [1.29, 1.82) is 0 Å². The average Bonchev–Trinajstić information content (AvgIpc) is 3.17. The average molecular weight is 467 g/mol. The van der Waals surface area contributed by atoms with Crippen LogP contribution in [0.3, 0.4) is 0 Å². The molecule has 0 aliphatic rings. The number of hydrogen-bond acceptors (Lipinski definition) is 7. The van der Waals surface area contributed by atoms with Gasteiger partial charge in [-0.05, 0) is 57.2 Å². The molecule has 9 nitrogen and oxygen atoms in total. The van der Waals surface area contributed by atoms with Crippen molar-refractivity contribution >= 4 is 22.6 Å². The zero-order valence-electron chi connectivity index (χ0n) is 19.3. The standard InChI is InChI=1S/C26H21N5O4/c1-15-16(2)31(14-27-15)23-13-24(29-17(3)28-23)34-20-10-8-19(9-11-20)30-25(32)21-12-18-6-4-5-7-22(18)35-26(21)33/h4-14H,1-3H3,(H,30,32). The topological polar surface area (TPSA) is 112 Å². The van der Waals surface area contributed by atoms with Crippen LogP contribution in [0.15, 0.2) is 76.2 Å². The van der Waals surface area contributed by atoms with Crippen molar-refractivity contribution in [3.8, 4) is 17.4 Å². The molecule has 5 aromatic rings. The molecule has 2 aromatic carbocycles. The Hall–Kier alpha value is -4.79. The van der Waals surface area contributed by atoms with Crippen LogP contribution in [0, 0.1) is 20.8 Å². The number of imidazole rings is 1. The molecule has 0 fully saturated rings. The molecule has 5 rings (SSSR count). The van der Waals surface area contributed by atoms with Gasteiger partial charge >= 0.3 is 5.63 Å². The fourth-order valence-electron chi connectivity index (χ4n) is 3.58. The molecule has 35 heavy (non-hydrogen) atoms. The Morgan fingerprint density at radius 1 is 1.00 bits per heavy atom. The van der Waals surface area contributed by atoms with Crippen molar-refractivity contribution in [2.45, 2.75) is 20.8 Å². The number of ether oxygens (including phenoxy) is 1. The van der Waals surface area contributed by atoms with Gasteiger partial charge in [0.05, 0.1) is 5.69 Å². The first-order valence-corrected chi connectivity index (χ1v) is 10.9. The summed E-state index contributed by atoms with van der Waals surface area (Å²) in [5.74, 6) is 1.56. The summed E-state index contributed by atoms with van der Waals surface area (Å²) in [6.45, 7) is 5.69. The van der Waals surface area contributed by atoms with Gasteiger partial charge in [0.2, 0.25) is 5.88 Å². The van der Waals surface area contributed by atoms with E-state index in [9.17, 15) is 9.59 Å². The highest BCUT2D eigenvalue weighted by Gasteiger charge is 2.14. The molecule has 0 unspecified atom stereocenters. The smallest absolute Gasteiger partial charge is 0.349 e. The van der Waals surface area contributed by atoms with Gasteiger partial charge in [0.1, 0.15) is 34.9 Å². The first-order valence-electron chi connectivity index (χ1n) is 10.9. The maximum atomic E-state index is 12.7. The Morgan fingerprint density at radius 3 is 2.51 bits per heavy atom. The molecule has 0 aliphatic heterocycles. The van der Waals surface area contributed by atoms with Crippen molar-refractivity contribution in [3.63, 3.8) is 0 Å². The molecule has 0 spiro atoms. The third-order valence-corrected chi connectivity index (χ3v) is 5.52. The summed E-state index contributed by atoms with van der Waals surface area (Å²) >= 11 is 0. The predicted octanol–water partition coefficient (Wildman–Crippen LogP) is 4.74. The number of anilines is 1. The molecular formula is C26H21N5O4. The number of nitrogens with one attached hydrogen (secondary N) is 1. The maximum Gasteiger partial charge on any atom is 0.349 e. The first-order chi connectivity index (χ1) is 16.9. The van der Waals surface area contributed by atoms with E-state index in [1.807, 2.05) is 24.5 Å². The summed E-state index contributed by atoms with van der Waals surface area (Å²) in [7, 11) is 0. The molecule has 0 bridgehead atoms. The highest BCUT2D eigenvalue weighted by molar-refractivity contribution is 6.05. The highest BCUT2D eigenvalue weighted by Crippen LogP contribution is 2.24. The molecule has 0 aliphatic carbocycles. The lowest BCUT2D eigenvalue weighted by Crippen LogP contribution is -2.20. The number of fused-ring (bicyclic) bond motifs is 1. The number of carbonyl (C=O) groups is 1. The Labute approximate surface area is 200 Å². The lowest BCUT2D eigenvalue weighted by Gasteiger charge is -2.10. The van der Waals surface area contributed by atoms with Gasteiger partial charge in [-0.1, -0.05) is 18.2 Å². The van der Waals surface area contributed by atoms with Crippen LogP contribution in [-0.2, 0) is 0 Å².